The zero-order chi connectivity index (χ0) is 9.47. The molecule has 76 valence electrons. The third-order valence-corrected chi connectivity index (χ3v) is 4.08. The molecule has 0 amide bonds. The first-order chi connectivity index (χ1) is 6.12. The quantitative estimate of drug-likeness (QED) is 0.709. The molecule has 2 aliphatic carbocycles. The van der Waals surface area contributed by atoms with Gasteiger partial charge in [0.05, 0.1) is 0 Å². The summed E-state index contributed by atoms with van der Waals surface area (Å²) in [5.41, 5.74) is 6.62. The lowest BCUT2D eigenvalue weighted by atomic mass is 9.79. The SMILES string of the molecule is CC(C)CCC1(N)CC1C1CCC1. The first-order valence-electron chi connectivity index (χ1n) is 5.91. The van der Waals surface area contributed by atoms with Crippen molar-refractivity contribution in [1.29, 1.82) is 0 Å². The number of nitrogens with two attached hydrogens (primary N) is 1. The van der Waals surface area contributed by atoms with E-state index in [1.165, 1.54) is 38.5 Å². The Morgan fingerprint density at radius 2 is 2.08 bits per heavy atom. The predicted molar refractivity (Wildman–Crippen MR) is 56.4 cm³/mol. The van der Waals surface area contributed by atoms with Crippen LogP contribution in [0.2, 0.25) is 0 Å². The molecule has 13 heavy (non-hydrogen) atoms. The van der Waals surface area contributed by atoms with Crippen LogP contribution in [0.15, 0.2) is 0 Å². The monoisotopic (exact) mass is 181 g/mol. The van der Waals surface area contributed by atoms with Crippen LogP contribution in [0.25, 0.3) is 0 Å². The van der Waals surface area contributed by atoms with Gasteiger partial charge >= 0.3 is 0 Å². The third-order valence-electron chi connectivity index (χ3n) is 4.08. The molecule has 0 spiro atoms. The lowest BCUT2D eigenvalue weighted by Crippen LogP contribution is -2.30. The van der Waals surface area contributed by atoms with Gasteiger partial charge in [0.25, 0.3) is 0 Å². The van der Waals surface area contributed by atoms with Crippen molar-refractivity contribution in [3.63, 3.8) is 0 Å². The predicted octanol–water partition coefficient (Wildman–Crippen LogP) is 2.94. The summed E-state index contributed by atoms with van der Waals surface area (Å²) >= 11 is 0. The average Bonchev–Trinajstić information content (AvgIpc) is 2.56. The summed E-state index contributed by atoms with van der Waals surface area (Å²) < 4.78 is 0. The minimum atomic E-state index is 0.273. The van der Waals surface area contributed by atoms with E-state index in [0.29, 0.717) is 0 Å². The smallest absolute Gasteiger partial charge is 0.0189 e. The van der Waals surface area contributed by atoms with E-state index in [1.807, 2.05) is 0 Å². The van der Waals surface area contributed by atoms with Gasteiger partial charge in [-0.1, -0.05) is 33.1 Å². The molecule has 0 saturated heterocycles. The lowest BCUT2D eigenvalue weighted by Gasteiger charge is -2.27. The molecule has 0 heterocycles. The summed E-state index contributed by atoms with van der Waals surface area (Å²) in [6.45, 7) is 4.59. The van der Waals surface area contributed by atoms with Gasteiger partial charge < -0.3 is 5.73 Å². The Balaban J connectivity index is 1.74. The highest BCUT2D eigenvalue weighted by molar-refractivity contribution is 5.11. The molecule has 1 nitrogen and oxygen atoms in total. The van der Waals surface area contributed by atoms with Crippen LogP contribution in [0.5, 0.6) is 0 Å². The highest BCUT2D eigenvalue weighted by atomic mass is 14.9. The van der Waals surface area contributed by atoms with Crippen LogP contribution in [0.4, 0.5) is 0 Å². The number of hydrogen-bond donors (Lipinski definition) is 1. The molecule has 0 radical (unpaired) electrons. The molecular formula is C12H23N. The summed E-state index contributed by atoms with van der Waals surface area (Å²) in [6, 6.07) is 0. The van der Waals surface area contributed by atoms with E-state index in [-0.39, 0.29) is 5.54 Å². The van der Waals surface area contributed by atoms with E-state index in [0.717, 1.165) is 17.8 Å². The van der Waals surface area contributed by atoms with Crippen molar-refractivity contribution in [3.05, 3.63) is 0 Å². The number of rotatable bonds is 4. The molecule has 2 N–H and O–H groups in total. The van der Waals surface area contributed by atoms with E-state index < -0.39 is 0 Å². The Bertz CT molecular complexity index is 184. The highest BCUT2D eigenvalue weighted by Gasteiger charge is 2.54. The van der Waals surface area contributed by atoms with Gasteiger partial charge in [0.1, 0.15) is 0 Å². The Morgan fingerprint density at radius 1 is 1.38 bits per heavy atom. The molecule has 0 aromatic heterocycles. The van der Waals surface area contributed by atoms with Crippen LogP contribution in [0, 0.1) is 17.8 Å². The van der Waals surface area contributed by atoms with Crippen molar-refractivity contribution in [2.45, 2.75) is 57.9 Å². The van der Waals surface area contributed by atoms with Gasteiger partial charge in [0.15, 0.2) is 0 Å². The van der Waals surface area contributed by atoms with E-state index in [9.17, 15) is 0 Å². The van der Waals surface area contributed by atoms with Crippen molar-refractivity contribution in [2.75, 3.05) is 0 Å². The fourth-order valence-electron chi connectivity index (χ4n) is 2.67. The van der Waals surface area contributed by atoms with Crippen molar-refractivity contribution in [2.24, 2.45) is 23.5 Å². The van der Waals surface area contributed by atoms with Gasteiger partial charge in [-0.2, -0.15) is 0 Å². The topological polar surface area (TPSA) is 26.0 Å². The fourth-order valence-corrected chi connectivity index (χ4v) is 2.67. The van der Waals surface area contributed by atoms with Gasteiger partial charge in [0.2, 0.25) is 0 Å². The van der Waals surface area contributed by atoms with Gasteiger partial charge in [-0.25, -0.2) is 0 Å². The fraction of sp³-hybridized carbons (Fsp3) is 1.00. The van der Waals surface area contributed by atoms with E-state index in [2.05, 4.69) is 13.8 Å². The summed E-state index contributed by atoms with van der Waals surface area (Å²) in [7, 11) is 0. The van der Waals surface area contributed by atoms with Crippen LogP contribution in [0.1, 0.15) is 52.4 Å². The molecule has 0 aromatic rings. The van der Waals surface area contributed by atoms with Gasteiger partial charge in [0, 0.05) is 5.54 Å². The minimum absolute atomic E-state index is 0.273. The van der Waals surface area contributed by atoms with Gasteiger partial charge in [-0.3, -0.25) is 0 Å². The zero-order valence-corrected chi connectivity index (χ0v) is 9.05. The Morgan fingerprint density at radius 3 is 2.54 bits per heavy atom. The maximum Gasteiger partial charge on any atom is 0.0189 e. The van der Waals surface area contributed by atoms with Crippen molar-refractivity contribution >= 4 is 0 Å². The second kappa shape index (κ2) is 3.27. The van der Waals surface area contributed by atoms with Crippen LogP contribution >= 0.6 is 0 Å². The minimum Gasteiger partial charge on any atom is -0.325 e. The molecule has 2 atom stereocenters. The van der Waals surface area contributed by atoms with Gasteiger partial charge in [-0.15, -0.1) is 0 Å². The van der Waals surface area contributed by atoms with Gasteiger partial charge in [-0.05, 0) is 37.0 Å². The molecular weight excluding hydrogens is 158 g/mol. The number of hydrogen-bond acceptors (Lipinski definition) is 1. The molecule has 0 aliphatic heterocycles. The molecule has 2 fully saturated rings. The average molecular weight is 181 g/mol. The standard InChI is InChI=1S/C12H23N/c1-9(2)6-7-12(13)8-11(12)10-4-3-5-10/h9-11H,3-8,13H2,1-2H3. The van der Waals surface area contributed by atoms with E-state index >= 15 is 0 Å². The van der Waals surface area contributed by atoms with Crippen molar-refractivity contribution in [1.82, 2.24) is 0 Å². The van der Waals surface area contributed by atoms with E-state index in [1.54, 1.807) is 0 Å². The molecule has 2 aliphatic rings. The van der Waals surface area contributed by atoms with Crippen molar-refractivity contribution in [3.8, 4) is 0 Å². The lowest BCUT2D eigenvalue weighted by molar-refractivity contribution is 0.252. The second-order valence-electron chi connectivity index (χ2n) is 5.67. The highest BCUT2D eigenvalue weighted by Crippen LogP contribution is 2.55. The summed E-state index contributed by atoms with van der Waals surface area (Å²) in [5, 5.41) is 0. The maximum atomic E-state index is 6.35. The zero-order valence-electron chi connectivity index (χ0n) is 9.05. The summed E-state index contributed by atoms with van der Waals surface area (Å²) in [6.07, 6.45) is 8.30. The maximum absolute atomic E-state index is 6.35. The largest absolute Gasteiger partial charge is 0.325 e. The Hall–Kier alpha value is -0.0400. The van der Waals surface area contributed by atoms with Crippen LogP contribution in [-0.2, 0) is 0 Å². The molecule has 1 heteroatoms. The molecule has 0 bridgehead atoms. The third kappa shape index (κ3) is 1.90. The van der Waals surface area contributed by atoms with E-state index in [4.69, 9.17) is 5.73 Å². The first kappa shape index (κ1) is 9.51. The molecule has 2 unspecified atom stereocenters. The van der Waals surface area contributed by atoms with Crippen LogP contribution in [-0.4, -0.2) is 5.54 Å². The second-order valence-corrected chi connectivity index (χ2v) is 5.67. The van der Waals surface area contributed by atoms with Crippen molar-refractivity contribution < 1.29 is 0 Å². The summed E-state index contributed by atoms with van der Waals surface area (Å²) in [5.74, 6) is 2.74. The molecule has 0 aromatic carbocycles. The molecule has 2 rings (SSSR count). The normalized spacial score (nSPS) is 39.2. The Kier molecular flexibility index (Phi) is 2.39. The first-order valence-corrected chi connectivity index (χ1v) is 5.91. The Labute approximate surface area is 82.1 Å². The summed E-state index contributed by atoms with van der Waals surface area (Å²) in [4.78, 5) is 0. The molecule has 2 saturated carbocycles. The van der Waals surface area contributed by atoms with Crippen LogP contribution < -0.4 is 5.73 Å². The van der Waals surface area contributed by atoms with Crippen LogP contribution in [0.3, 0.4) is 0 Å².